The van der Waals surface area contributed by atoms with Crippen LogP contribution >= 0.6 is 0 Å². The number of hydrogen-bond acceptors (Lipinski definition) is 4. The molecule has 2 amide bonds. The van der Waals surface area contributed by atoms with E-state index >= 15 is 0 Å². The molecule has 0 bridgehead atoms. The van der Waals surface area contributed by atoms with Crippen molar-refractivity contribution in [2.75, 3.05) is 18.4 Å². The van der Waals surface area contributed by atoms with E-state index in [1.54, 1.807) is 43.4 Å². The third-order valence-electron chi connectivity index (χ3n) is 6.61. The molecular weight excluding hydrogens is 413 g/mol. The van der Waals surface area contributed by atoms with E-state index in [4.69, 9.17) is 0 Å². The summed E-state index contributed by atoms with van der Waals surface area (Å²) in [5, 5.41) is 23.9. The van der Waals surface area contributed by atoms with E-state index in [2.05, 4.69) is 5.32 Å². The molecule has 2 heterocycles. The molecule has 1 saturated heterocycles. The number of rotatable bonds is 4. The first kappa shape index (κ1) is 23.9. The van der Waals surface area contributed by atoms with E-state index in [0.717, 1.165) is 0 Å². The van der Waals surface area contributed by atoms with E-state index in [-0.39, 0.29) is 5.82 Å². The molecule has 0 radical (unpaired) electrons. The second-order valence-electron chi connectivity index (χ2n) is 9.40. The molecule has 1 aliphatic heterocycles. The van der Waals surface area contributed by atoms with Crippen LogP contribution in [-0.4, -0.2) is 50.7 Å². The number of likely N-dealkylation sites (tertiary alicyclic amines) is 1. The fourth-order valence-corrected chi connectivity index (χ4v) is 4.46. The van der Waals surface area contributed by atoms with Crippen molar-refractivity contribution < 1.29 is 24.2 Å². The number of anilines is 1. The quantitative estimate of drug-likeness (QED) is 0.674. The van der Waals surface area contributed by atoms with Gasteiger partial charge in [0.25, 0.3) is 11.8 Å². The Kier molecular flexibility index (Phi) is 6.49. The molecule has 2 unspecified atom stereocenters. The Hall–Kier alpha value is -2.71. The zero-order valence-electron chi connectivity index (χ0n) is 19.5. The van der Waals surface area contributed by atoms with Gasteiger partial charge in [0.2, 0.25) is 0 Å². The Morgan fingerprint density at radius 3 is 2.50 bits per heavy atom. The average molecular weight is 446 g/mol. The highest BCUT2D eigenvalue weighted by Crippen LogP contribution is 2.33. The predicted octanol–water partition coefficient (Wildman–Crippen LogP) is 2.99. The maximum Gasteiger partial charge on any atom is 0.257 e. The Morgan fingerprint density at radius 1 is 1.25 bits per heavy atom. The van der Waals surface area contributed by atoms with E-state index < -0.39 is 29.4 Å². The molecule has 0 spiro atoms. The number of piperidine rings is 1. The summed E-state index contributed by atoms with van der Waals surface area (Å²) in [5.74, 6) is -1.20. The van der Waals surface area contributed by atoms with Gasteiger partial charge in [-0.3, -0.25) is 9.59 Å². The summed E-state index contributed by atoms with van der Waals surface area (Å²) in [6.45, 7) is 9.55. The normalized spacial score (nSPS) is 19.0. The highest BCUT2D eigenvalue weighted by molar-refractivity contribution is 6.06. The van der Waals surface area contributed by atoms with Crippen molar-refractivity contribution in [2.24, 2.45) is 12.5 Å². The van der Waals surface area contributed by atoms with Gasteiger partial charge in [0, 0.05) is 36.9 Å². The number of amides is 2. The lowest BCUT2D eigenvalue weighted by Crippen LogP contribution is -2.51. The molecule has 7 nitrogen and oxygen atoms in total. The topological polar surface area (TPSA) is 94.8 Å². The van der Waals surface area contributed by atoms with Crippen LogP contribution in [0.15, 0.2) is 18.2 Å². The Balaban J connectivity index is 1.87. The van der Waals surface area contributed by atoms with Crippen LogP contribution < -0.4 is 5.32 Å². The summed E-state index contributed by atoms with van der Waals surface area (Å²) < 4.78 is 15.2. The van der Waals surface area contributed by atoms with Crippen molar-refractivity contribution in [3.8, 4) is 0 Å². The van der Waals surface area contributed by atoms with E-state index in [1.165, 1.54) is 12.1 Å². The molecule has 2 atom stereocenters. The standard InChI is InChI=1S/C24H32FN3O4/c1-13-11-16(7-8-17(13)25)26-22(31)19-14(2)20(27(6)15(19)3)21(30)23(32)28-10-9-18(29)24(4,5)12-28/h7-8,11,18,21,29-30H,9-10,12H2,1-6H3,(H,26,31). The largest absolute Gasteiger partial charge is 0.392 e. The summed E-state index contributed by atoms with van der Waals surface area (Å²) in [7, 11) is 1.71. The summed E-state index contributed by atoms with van der Waals surface area (Å²) in [5.41, 5.74) is 2.26. The van der Waals surface area contributed by atoms with Gasteiger partial charge in [0.1, 0.15) is 5.82 Å². The number of nitrogens with one attached hydrogen (secondary N) is 1. The first-order valence-electron chi connectivity index (χ1n) is 10.7. The van der Waals surface area contributed by atoms with Gasteiger partial charge in [0.05, 0.1) is 17.4 Å². The third kappa shape index (κ3) is 4.29. The number of aromatic nitrogens is 1. The lowest BCUT2D eigenvalue weighted by Gasteiger charge is -2.42. The van der Waals surface area contributed by atoms with Gasteiger partial charge in [-0.1, -0.05) is 13.8 Å². The molecule has 2 aromatic rings. The summed E-state index contributed by atoms with van der Waals surface area (Å²) in [6, 6.07) is 4.33. The zero-order valence-corrected chi connectivity index (χ0v) is 19.5. The minimum absolute atomic E-state index is 0.337. The SMILES string of the molecule is Cc1cc(NC(=O)c2c(C)c(C(O)C(=O)N3CCC(O)C(C)(C)C3)n(C)c2C)ccc1F. The van der Waals surface area contributed by atoms with Gasteiger partial charge >= 0.3 is 0 Å². The Labute approximate surface area is 187 Å². The number of nitrogens with zero attached hydrogens (tertiary/aromatic N) is 2. The van der Waals surface area contributed by atoms with Gasteiger partial charge in [-0.2, -0.15) is 0 Å². The van der Waals surface area contributed by atoms with Gasteiger partial charge in [-0.25, -0.2) is 4.39 Å². The molecule has 3 rings (SSSR count). The summed E-state index contributed by atoms with van der Waals surface area (Å²) >= 11 is 0. The number of aryl methyl sites for hydroxylation is 1. The molecule has 1 aliphatic rings. The van der Waals surface area contributed by atoms with Crippen molar-refractivity contribution >= 4 is 17.5 Å². The maximum atomic E-state index is 13.5. The van der Waals surface area contributed by atoms with Crippen molar-refractivity contribution in [3.63, 3.8) is 0 Å². The lowest BCUT2D eigenvalue weighted by atomic mass is 9.81. The molecule has 1 fully saturated rings. The van der Waals surface area contributed by atoms with Crippen LogP contribution in [0.1, 0.15) is 59.2 Å². The van der Waals surface area contributed by atoms with Crippen molar-refractivity contribution in [1.29, 1.82) is 0 Å². The minimum Gasteiger partial charge on any atom is -0.392 e. The van der Waals surface area contributed by atoms with Gasteiger partial charge in [0.15, 0.2) is 6.10 Å². The van der Waals surface area contributed by atoms with Gasteiger partial charge in [-0.15, -0.1) is 0 Å². The number of benzene rings is 1. The molecule has 32 heavy (non-hydrogen) atoms. The zero-order chi connectivity index (χ0) is 24.0. The van der Waals surface area contributed by atoms with Crippen LogP contribution in [-0.2, 0) is 11.8 Å². The second-order valence-corrected chi connectivity index (χ2v) is 9.40. The fraction of sp³-hybridized carbons (Fsp3) is 0.500. The Morgan fingerprint density at radius 2 is 1.91 bits per heavy atom. The number of halogens is 1. The highest BCUT2D eigenvalue weighted by Gasteiger charge is 2.39. The van der Waals surface area contributed by atoms with Crippen LogP contribution in [0, 0.1) is 32.0 Å². The van der Waals surface area contributed by atoms with Crippen LogP contribution in [0.4, 0.5) is 10.1 Å². The smallest absolute Gasteiger partial charge is 0.257 e. The number of carbonyl (C=O) groups excluding carboxylic acids is 2. The molecule has 3 N–H and O–H groups in total. The van der Waals surface area contributed by atoms with Crippen molar-refractivity contribution in [2.45, 2.75) is 53.2 Å². The highest BCUT2D eigenvalue weighted by atomic mass is 19.1. The number of aliphatic hydroxyl groups excluding tert-OH is 2. The van der Waals surface area contributed by atoms with Gasteiger partial charge < -0.3 is 25.0 Å². The van der Waals surface area contributed by atoms with Crippen LogP contribution in [0.25, 0.3) is 0 Å². The molecule has 8 heteroatoms. The van der Waals surface area contributed by atoms with E-state index in [0.29, 0.717) is 53.3 Å². The van der Waals surface area contributed by atoms with Crippen LogP contribution in [0.2, 0.25) is 0 Å². The van der Waals surface area contributed by atoms with Crippen molar-refractivity contribution in [1.82, 2.24) is 9.47 Å². The first-order chi connectivity index (χ1) is 14.8. The Bertz CT molecular complexity index is 1060. The summed E-state index contributed by atoms with van der Waals surface area (Å²) in [6.07, 6.45) is -1.49. The van der Waals surface area contributed by atoms with Crippen LogP contribution in [0.3, 0.4) is 0 Å². The van der Waals surface area contributed by atoms with Crippen LogP contribution in [0.5, 0.6) is 0 Å². The van der Waals surface area contributed by atoms with Gasteiger partial charge in [-0.05, 0) is 56.5 Å². The maximum absolute atomic E-state index is 13.5. The summed E-state index contributed by atoms with van der Waals surface area (Å²) in [4.78, 5) is 27.7. The minimum atomic E-state index is -1.43. The number of hydrogen-bond donors (Lipinski definition) is 3. The monoisotopic (exact) mass is 445 g/mol. The molecule has 174 valence electrons. The molecular formula is C24H32FN3O4. The fourth-order valence-electron chi connectivity index (χ4n) is 4.46. The predicted molar refractivity (Wildman–Crippen MR) is 120 cm³/mol. The number of carbonyl (C=O) groups is 2. The first-order valence-corrected chi connectivity index (χ1v) is 10.7. The second kappa shape index (κ2) is 8.67. The average Bonchev–Trinajstić information content (AvgIpc) is 2.94. The van der Waals surface area contributed by atoms with E-state index in [1.807, 2.05) is 13.8 Å². The number of aliphatic hydroxyl groups is 2. The van der Waals surface area contributed by atoms with Crippen molar-refractivity contribution in [3.05, 3.63) is 52.1 Å². The molecule has 0 aliphatic carbocycles. The van der Waals surface area contributed by atoms with E-state index in [9.17, 15) is 24.2 Å². The molecule has 1 aromatic heterocycles. The molecule has 0 saturated carbocycles. The molecule has 1 aromatic carbocycles. The lowest BCUT2D eigenvalue weighted by molar-refractivity contribution is -0.147. The third-order valence-corrected chi connectivity index (χ3v) is 6.61.